The van der Waals surface area contributed by atoms with Gasteiger partial charge in [-0.2, -0.15) is 0 Å². The summed E-state index contributed by atoms with van der Waals surface area (Å²) in [7, 11) is 0. The second-order valence-corrected chi connectivity index (χ2v) is 6.15. The highest BCUT2D eigenvalue weighted by molar-refractivity contribution is 5.83. The molecule has 5 heteroatoms. The maximum atomic E-state index is 12.4. The highest BCUT2D eigenvalue weighted by Crippen LogP contribution is 2.30. The van der Waals surface area contributed by atoms with Crippen LogP contribution in [0.5, 0.6) is 0 Å². The Labute approximate surface area is 114 Å². The molecule has 1 aromatic rings. The fourth-order valence-corrected chi connectivity index (χ4v) is 2.74. The molecule has 1 amide bonds. The first-order valence-electron chi connectivity index (χ1n) is 6.98. The molecule has 0 saturated carbocycles. The van der Waals surface area contributed by atoms with Crippen molar-refractivity contribution in [1.82, 2.24) is 20.2 Å². The van der Waals surface area contributed by atoms with Crippen LogP contribution in [0.3, 0.4) is 0 Å². The molecular weight excluding hydrogens is 240 g/mol. The first-order valence-corrected chi connectivity index (χ1v) is 6.98. The third kappa shape index (κ3) is 3.56. The molecule has 0 aromatic carbocycles. The van der Waals surface area contributed by atoms with Gasteiger partial charge in [0.25, 0.3) is 0 Å². The van der Waals surface area contributed by atoms with Crippen molar-refractivity contribution < 1.29 is 4.79 Å². The van der Waals surface area contributed by atoms with Gasteiger partial charge < -0.3 is 15.2 Å². The second-order valence-electron chi connectivity index (χ2n) is 6.15. The Hall–Kier alpha value is -1.36. The summed E-state index contributed by atoms with van der Waals surface area (Å²) in [6, 6.07) is 0.00714. The first-order chi connectivity index (χ1) is 8.99. The van der Waals surface area contributed by atoms with E-state index >= 15 is 0 Å². The molecule has 2 N–H and O–H groups in total. The zero-order chi connectivity index (χ0) is 13.9. The lowest BCUT2D eigenvalue weighted by Gasteiger charge is -2.38. The number of hydrogen-bond acceptors (Lipinski definition) is 3. The lowest BCUT2D eigenvalue weighted by molar-refractivity contribution is -0.127. The van der Waals surface area contributed by atoms with Gasteiger partial charge in [-0.05, 0) is 31.7 Å². The number of aromatic nitrogens is 2. The molecule has 2 unspecified atom stereocenters. The highest BCUT2D eigenvalue weighted by atomic mass is 16.2. The summed E-state index contributed by atoms with van der Waals surface area (Å²) in [4.78, 5) is 16.4. The van der Waals surface area contributed by atoms with Crippen LogP contribution < -0.4 is 10.6 Å². The lowest BCUT2D eigenvalue weighted by Crippen LogP contribution is -2.57. The number of nitrogens with one attached hydrogen (secondary N) is 2. The molecule has 0 radical (unpaired) electrons. The van der Waals surface area contributed by atoms with Gasteiger partial charge in [-0.25, -0.2) is 4.98 Å². The summed E-state index contributed by atoms with van der Waals surface area (Å²) in [6.45, 7) is 8.01. The molecule has 0 aliphatic carbocycles. The smallest absolute Gasteiger partial charge is 0.237 e. The third-order valence-corrected chi connectivity index (χ3v) is 3.82. The van der Waals surface area contributed by atoms with E-state index in [1.54, 1.807) is 12.5 Å². The van der Waals surface area contributed by atoms with E-state index in [0.717, 1.165) is 25.9 Å². The number of hydrogen-bond donors (Lipinski definition) is 2. The van der Waals surface area contributed by atoms with Gasteiger partial charge in [0.15, 0.2) is 0 Å². The number of rotatable bonds is 4. The van der Waals surface area contributed by atoms with Crippen LogP contribution >= 0.6 is 0 Å². The van der Waals surface area contributed by atoms with E-state index < -0.39 is 0 Å². The number of nitrogens with zero attached hydrogens (tertiary/aromatic N) is 2. The molecule has 1 fully saturated rings. The average Bonchev–Trinajstić information content (AvgIpc) is 2.80. The number of carbonyl (C=O) groups excluding carboxylic acids is 1. The van der Waals surface area contributed by atoms with E-state index in [9.17, 15) is 4.79 Å². The van der Waals surface area contributed by atoms with Crippen molar-refractivity contribution in [3.05, 3.63) is 18.7 Å². The van der Waals surface area contributed by atoms with Crippen molar-refractivity contribution in [2.24, 2.45) is 5.41 Å². The molecule has 106 valence electrons. The number of carbonyl (C=O) groups is 1. The van der Waals surface area contributed by atoms with Gasteiger partial charge >= 0.3 is 0 Å². The number of piperidine rings is 1. The van der Waals surface area contributed by atoms with Crippen molar-refractivity contribution in [2.75, 3.05) is 6.54 Å². The van der Waals surface area contributed by atoms with Crippen LogP contribution in [-0.4, -0.2) is 34.1 Å². The van der Waals surface area contributed by atoms with Gasteiger partial charge in [0, 0.05) is 25.0 Å². The molecule has 5 nitrogen and oxygen atoms in total. The molecule has 0 spiro atoms. The summed E-state index contributed by atoms with van der Waals surface area (Å²) in [5.74, 6) is 0.109. The molecule has 1 aliphatic heterocycles. The Morgan fingerprint density at radius 2 is 2.42 bits per heavy atom. The number of amides is 1. The number of imidazole rings is 1. The molecule has 2 rings (SSSR count). The highest BCUT2D eigenvalue weighted by Gasteiger charge is 2.37. The first kappa shape index (κ1) is 14.1. The van der Waals surface area contributed by atoms with Crippen LogP contribution in [0.1, 0.15) is 33.6 Å². The van der Waals surface area contributed by atoms with Gasteiger partial charge in [-0.1, -0.05) is 13.8 Å². The van der Waals surface area contributed by atoms with E-state index in [1.807, 2.05) is 17.7 Å². The minimum absolute atomic E-state index is 0.0249. The van der Waals surface area contributed by atoms with E-state index in [4.69, 9.17) is 0 Å². The molecule has 2 heterocycles. The molecule has 2 atom stereocenters. The molecule has 1 aliphatic rings. The summed E-state index contributed by atoms with van der Waals surface area (Å²) < 4.78 is 1.98. The van der Waals surface area contributed by atoms with E-state index in [-0.39, 0.29) is 23.4 Å². The zero-order valence-corrected chi connectivity index (χ0v) is 12.0. The predicted molar refractivity (Wildman–Crippen MR) is 74.6 cm³/mol. The van der Waals surface area contributed by atoms with Crippen molar-refractivity contribution in [3.63, 3.8) is 0 Å². The second kappa shape index (κ2) is 5.74. The van der Waals surface area contributed by atoms with Crippen molar-refractivity contribution in [1.29, 1.82) is 0 Å². The van der Waals surface area contributed by atoms with E-state index in [1.165, 1.54) is 0 Å². The topological polar surface area (TPSA) is 59.0 Å². The minimum Gasteiger partial charge on any atom is -0.350 e. The third-order valence-electron chi connectivity index (χ3n) is 3.82. The van der Waals surface area contributed by atoms with Crippen LogP contribution in [0.25, 0.3) is 0 Å². The monoisotopic (exact) mass is 264 g/mol. The molecular formula is C14H24N4O. The van der Waals surface area contributed by atoms with Crippen LogP contribution in [0.15, 0.2) is 18.7 Å². The Balaban J connectivity index is 1.89. The fraction of sp³-hybridized carbons (Fsp3) is 0.714. The summed E-state index contributed by atoms with van der Waals surface area (Å²) in [6.07, 6.45) is 7.66. The standard InChI is InChI=1S/C14H24N4O/c1-11(9-18-8-7-15-10-18)17-13(19)12-14(2,3)5-4-6-16-12/h7-8,10-12,16H,4-6,9H2,1-3H3,(H,17,19). The maximum absolute atomic E-state index is 12.4. The van der Waals surface area contributed by atoms with E-state index in [0.29, 0.717) is 0 Å². The van der Waals surface area contributed by atoms with E-state index in [2.05, 4.69) is 29.5 Å². The van der Waals surface area contributed by atoms with Gasteiger partial charge in [-0.3, -0.25) is 4.79 Å². The Morgan fingerprint density at radius 1 is 1.63 bits per heavy atom. The van der Waals surface area contributed by atoms with Crippen LogP contribution in [0, 0.1) is 5.41 Å². The zero-order valence-electron chi connectivity index (χ0n) is 12.0. The van der Waals surface area contributed by atoms with Crippen LogP contribution in [-0.2, 0) is 11.3 Å². The largest absolute Gasteiger partial charge is 0.350 e. The fourth-order valence-electron chi connectivity index (χ4n) is 2.74. The Kier molecular flexibility index (Phi) is 4.24. The molecule has 1 aromatic heterocycles. The quantitative estimate of drug-likeness (QED) is 0.858. The van der Waals surface area contributed by atoms with Crippen molar-refractivity contribution in [3.8, 4) is 0 Å². The van der Waals surface area contributed by atoms with Crippen LogP contribution in [0.4, 0.5) is 0 Å². The average molecular weight is 264 g/mol. The normalized spacial score (nSPS) is 23.8. The Bertz CT molecular complexity index is 413. The maximum Gasteiger partial charge on any atom is 0.237 e. The summed E-state index contributed by atoms with van der Waals surface area (Å²) >= 11 is 0. The Morgan fingerprint density at radius 3 is 3.05 bits per heavy atom. The van der Waals surface area contributed by atoms with Crippen molar-refractivity contribution in [2.45, 2.75) is 52.2 Å². The predicted octanol–water partition coefficient (Wildman–Crippen LogP) is 1.17. The summed E-state index contributed by atoms with van der Waals surface area (Å²) in [5.41, 5.74) is 0.0249. The van der Waals surface area contributed by atoms with Gasteiger partial charge in [0.2, 0.25) is 5.91 Å². The van der Waals surface area contributed by atoms with Crippen LogP contribution in [0.2, 0.25) is 0 Å². The SMILES string of the molecule is CC(Cn1ccnc1)NC(=O)C1NCCCC1(C)C. The van der Waals surface area contributed by atoms with Gasteiger partial charge in [0.05, 0.1) is 12.4 Å². The van der Waals surface area contributed by atoms with Gasteiger partial charge in [-0.15, -0.1) is 0 Å². The van der Waals surface area contributed by atoms with Crippen molar-refractivity contribution >= 4 is 5.91 Å². The van der Waals surface area contributed by atoms with Gasteiger partial charge in [0.1, 0.15) is 0 Å². The molecule has 19 heavy (non-hydrogen) atoms. The minimum atomic E-state index is -0.0912. The molecule has 0 bridgehead atoms. The summed E-state index contributed by atoms with van der Waals surface area (Å²) in [5, 5.41) is 6.44. The molecule has 1 saturated heterocycles. The lowest BCUT2D eigenvalue weighted by atomic mass is 9.77.